The van der Waals surface area contributed by atoms with Crippen molar-refractivity contribution in [3.05, 3.63) is 72.1 Å². The topological polar surface area (TPSA) is 69.6 Å². The van der Waals surface area contributed by atoms with Gasteiger partial charge in [0.25, 0.3) is 0 Å². The fourth-order valence-electron chi connectivity index (χ4n) is 3.24. The van der Waals surface area contributed by atoms with Crippen molar-refractivity contribution in [1.82, 2.24) is 24.7 Å². The van der Waals surface area contributed by atoms with Crippen LogP contribution in [0.15, 0.2) is 59.6 Å². The van der Waals surface area contributed by atoms with Crippen LogP contribution in [-0.2, 0) is 6.54 Å². The Kier molecular flexibility index (Phi) is 3.81. The summed E-state index contributed by atoms with van der Waals surface area (Å²) in [5, 5.41) is 4.20. The predicted molar refractivity (Wildman–Crippen MR) is 101 cm³/mol. The SMILES string of the molecule is Cc1ccccc1-c1ncc(-c2nccn2Cc2cc(C3CC3)on2)cn1. The van der Waals surface area contributed by atoms with Crippen LogP contribution < -0.4 is 0 Å². The molecular formula is C21H19N5O. The second kappa shape index (κ2) is 6.46. The van der Waals surface area contributed by atoms with Gasteiger partial charge in [-0.25, -0.2) is 15.0 Å². The first-order chi connectivity index (χ1) is 13.3. The summed E-state index contributed by atoms with van der Waals surface area (Å²) in [6.07, 6.45) is 9.78. The molecule has 1 aromatic carbocycles. The van der Waals surface area contributed by atoms with E-state index in [2.05, 4.69) is 39.2 Å². The molecule has 1 fully saturated rings. The van der Waals surface area contributed by atoms with Gasteiger partial charge in [-0.2, -0.15) is 0 Å². The van der Waals surface area contributed by atoms with Gasteiger partial charge in [-0.05, 0) is 25.3 Å². The Morgan fingerprint density at radius 3 is 2.70 bits per heavy atom. The first-order valence-electron chi connectivity index (χ1n) is 9.13. The van der Waals surface area contributed by atoms with Crippen LogP contribution in [0.2, 0.25) is 0 Å². The summed E-state index contributed by atoms with van der Waals surface area (Å²) in [5.41, 5.74) is 3.99. The van der Waals surface area contributed by atoms with Crippen molar-refractivity contribution in [2.45, 2.75) is 32.2 Å². The van der Waals surface area contributed by atoms with E-state index in [4.69, 9.17) is 4.52 Å². The van der Waals surface area contributed by atoms with Crippen LogP contribution in [0.25, 0.3) is 22.8 Å². The fourth-order valence-corrected chi connectivity index (χ4v) is 3.24. The van der Waals surface area contributed by atoms with E-state index < -0.39 is 0 Å². The van der Waals surface area contributed by atoms with Crippen LogP contribution in [0.3, 0.4) is 0 Å². The summed E-state index contributed by atoms with van der Waals surface area (Å²) in [5.74, 6) is 3.11. The number of benzene rings is 1. The second-order valence-corrected chi connectivity index (χ2v) is 6.98. The van der Waals surface area contributed by atoms with Gasteiger partial charge in [0.15, 0.2) is 5.82 Å². The van der Waals surface area contributed by atoms with E-state index in [1.165, 1.54) is 12.8 Å². The summed E-state index contributed by atoms with van der Waals surface area (Å²) >= 11 is 0. The molecule has 27 heavy (non-hydrogen) atoms. The molecule has 4 aromatic rings. The molecule has 3 aromatic heterocycles. The number of hydrogen-bond acceptors (Lipinski definition) is 5. The standard InChI is InChI=1S/C21H19N5O/c1-14-4-2-3-5-18(14)20-23-11-16(12-24-20)21-22-8-9-26(21)13-17-10-19(27-25-17)15-6-7-15/h2-5,8-12,15H,6-7,13H2,1H3. The van der Waals surface area contributed by atoms with Crippen molar-refractivity contribution in [1.29, 1.82) is 0 Å². The van der Waals surface area contributed by atoms with Crippen molar-refractivity contribution >= 4 is 0 Å². The Morgan fingerprint density at radius 2 is 1.93 bits per heavy atom. The normalized spacial score (nSPS) is 13.8. The molecule has 6 nitrogen and oxygen atoms in total. The Hall–Kier alpha value is -3.28. The third-order valence-corrected chi connectivity index (χ3v) is 4.90. The molecule has 5 rings (SSSR count). The van der Waals surface area contributed by atoms with Gasteiger partial charge in [-0.1, -0.05) is 29.4 Å². The largest absolute Gasteiger partial charge is 0.361 e. The van der Waals surface area contributed by atoms with Crippen molar-refractivity contribution < 1.29 is 4.52 Å². The molecule has 0 radical (unpaired) electrons. The van der Waals surface area contributed by atoms with Crippen molar-refractivity contribution in [3.63, 3.8) is 0 Å². The van der Waals surface area contributed by atoms with E-state index in [9.17, 15) is 0 Å². The van der Waals surface area contributed by atoms with Gasteiger partial charge < -0.3 is 9.09 Å². The Labute approximate surface area is 156 Å². The molecule has 1 saturated carbocycles. The molecule has 0 spiro atoms. The van der Waals surface area contributed by atoms with E-state index in [1.54, 1.807) is 6.20 Å². The maximum Gasteiger partial charge on any atom is 0.159 e. The third kappa shape index (κ3) is 3.14. The number of nitrogens with zero attached hydrogens (tertiary/aromatic N) is 5. The molecule has 0 amide bonds. The molecule has 1 aliphatic rings. The maximum atomic E-state index is 5.45. The highest BCUT2D eigenvalue weighted by atomic mass is 16.5. The van der Waals surface area contributed by atoms with Gasteiger partial charge in [0.1, 0.15) is 17.3 Å². The van der Waals surface area contributed by atoms with Crippen LogP contribution in [-0.4, -0.2) is 24.7 Å². The molecule has 3 heterocycles. The number of aromatic nitrogens is 5. The molecule has 0 N–H and O–H groups in total. The predicted octanol–water partition coefficient (Wildman–Crippen LogP) is 4.23. The van der Waals surface area contributed by atoms with Gasteiger partial charge in [0, 0.05) is 42.3 Å². The fraction of sp³-hybridized carbons (Fsp3) is 0.238. The summed E-state index contributed by atoms with van der Waals surface area (Å²) in [7, 11) is 0. The second-order valence-electron chi connectivity index (χ2n) is 6.98. The van der Waals surface area contributed by atoms with Gasteiger partial charge in [-0.15, -0.1) is 0 Å². The van der Waals surface area contributed by atoms with E-state index in [1.807, 2.05) is 41.4 Å². The minimum atomic E-state index is 0.566. The van der Waals surface area contributed by atoms with Gasteiger partial charge >= 0.3 is 0 Å². The Bertz CT molecular complexity index is 1080. The zero-order valence-corrected chi connectivity index (χ0v) is 15.0. The molecule has 6 heteroatoms. The molecule has 1 aliphatic carbocycles. The highest BCUT2D eigenvalue weighted by molar-refractivity contribution is 5.61. The summed E-state index contributed by atoms with van der Waals surface area (Å²) in [6, 6.07) is 10.2. The number of hydrogen-bond donors (Lipinski definition) is 0. The van der Waals surface area contributed by atoms with Gasteiger partial charge in [-0.3, -0.25) is 0 Å². The average Bonchev–Trinajstić information content (AvgIpc) is 3.27. The van der Waals surface area contributed by atoms with Gasteiger partial charge in [0.05, 0.1) is 12.1 Å². The van der Waals surface area contributed by atoms with Crippen LogP contribution in [0.5, 0.6) is 0 Å². The lowest BCUT2D eigenvalue weighted by Crippen LogP contribution is -2.02. The minimum Gasteiger partial charge on any atom is -0.361 e. The Morgan fingerprint density at radius 1 is 1.11 bits per heavy atom. The van der Waals surface area contributed by atoms with Crippen LogP contribution in [0.1, 0.15) is 35.8 Å². The first kappa shape index (κ1) is 15.9. The Balaban J connectivity index is 1.40. The van der Waals surface area contributed by atoms with E-state index >= 15 is 0 Å². The number of aryl methyl sites for hydroxylation is 1. The van der Waals surface area contributed by atoms with Crippen molar-refractivity contribution in [2.24, 2.45) is 0 Å². The lowest BCUT2D eigenvalue weighted by atomic mass is 10.1. The molecular weight excluding hydrogens is 338 g/mol. The van der Waals surface area contributed by atoms with Crippen LogP contribution in [0.4, 0.5) is 0 Å². The van der Waals surface area contributed by atoms with Gasteiger partial charge in [0.2, 0.25) is 0 Å². The van der Waals surface area contributed by atoms with Crippen LogP contribution in [0, 0.1) is 6.92 Å². The highest BCUT2D eigenvalue weighted by Gasteiger charge is 2.27. The van der Waals surface area contributed by atoms with E-state index in [0.717, 1.165) is 39.8 Å². The molecule has 0 saturated heterocycles. The molecule has 0 aliphatic heterocycles. The zero-order chi connectivity index (χ0) is 18.2. The lowest BCUT2D eigenvalue weighted by Gasteiger charge is -2.07. The number of imidazole rings is 1. The summed E-state index contributed by atoms with van der Waals surface area (Å²) in [6.45, 7) is 2.68. The summed E-state index contributed by atoms with van der Waals surface area (Å²) in [4.78, 5) is 13.6. The highest BCUT2D eigenvalue weighted by Crippen LogP contribution is 2.40. The van der Waals surface area contributed by atoms with Crippen LogP contribution >= 0.6 is 0 Å². The van der Waals surface area contributed by atoms with E-state index in [0.29, 0.717) is 12.5 Å². The summed E-state index contributed by atoms with van der Waals surface area (Å²) < 4.78 is 7.49. The molecule has 134 valence electrons. The minimum absolute atomic E-state index is 0.566. The monoisotopic (exact) mass is 357 g/mol. The maximum absolute atomic E-state index is 5.45. The smallest absolute Gasteiger partial charge is 0.159 e. The van der Waals surface area contributed by atoms with E-state index in [-0.39, 0.29) is 0 Å². The molecule has 0 atom stereocenters. The first-order valence-corrected chi connectivity index (χ1v) is 9.13. The van der Waals surface area contributed by atoms with Crippen molar-refractivity contribution in [3.8, 4) is 22.8 Å². The quantitative estimate of drug-likeness (QED) is 0.534. The zero-order valence-electron chi connectivity index (χ0n) is 15.0. The molecule has 0 unspecified atom stereocenters. The number of rotatable bonds is 5. The molecule has 0 bridgehead atoms. The third-order valence-electron chi connectivity index (χ3n) is 4.90. The average molecular weight is 357 g/mol. The van der Waals surface area contributed by atoms with Crippen molar-refractivity contribution in [2.75, 3.05) is 0 Å². The lowest BCUT2D eigenvalue weighted by molar-refractivity contribution is 0.377.